The second kappa shape index (κ2) is 1.82. The molecule has 0 amide bonds. The van der Waals surface area contributed by atoms with Crippen molar-refractivity contribution in [3.8, 4) is 6.01 Å². The van der Waals surface area contributed by atoms with E-state index in [4.69, 9.17) is 10.8 Å². The maximum absolute atomic E-state index is 8.84. The molecule has 1 radical (unpaired) electrons. The van der Waals surface area contributed by atoms with Crippen LogP contribution in [-0.2, 0) is 0 Å². The topological polar surface area (TPSA) is 98.5 Å². The highest BCUT2D eigenvalue weighted by Crippen LogP contribution is 2.17. The number of hydrogen-bond acceptors (Lipinski definition) is 4. The third-order valence-corrected chi connectivity index (χ3v) is 1.30. The molecular weight excluding hydrogens is 146 g/mol. The smallest absolute Gasteiger partial charge is 0.317 e. The van der Waals surface area contributed by atoms with Gasteiger partial charge in [-0.05, 0) is 0 Å². The highest BCUT2D eigenvalue weighted by Gasteiger charge is 2.04. The molecule has 11 heavy (non-hydrogen) atoms. The van der Waals surface area contributed by atoms with E-state index in [0.29, 0.717) is 11.0 Å². The molecule has 0 saturated heterocycles. The summed E-state index contributed by atoms with van der Waals surface area (Å²) in [4.78, 5) is 7.03. The van der Waals surface area contributed by atoms with Gasteiger partial charge in [0.05, 0.1) is 11.6 Å². The quantitative estimate of drug-likeness (QED) is 0.550. The minimum atomic E-state index is -0.410. The van der Waals surface area contributed by atoms with Crippen molar-refractivity contribution in [2.75, 3.05) is 0 Å². The number of rotatable bonds is 0. The standard InChI is InChI=1S/C5H4N5O/c6-3-2-1-7-10-4(2)9-5(11)8-3/h1,6H,(H2,7,8,9,10,11). The monoisotopic (exact) mass is 150 g/mol. The largest absolute Gasteiger partial charge is 0.479 e. The summed E-state index contributed by atoms with van der Waals surface area (Å²) in [5.41, 5.74) is 7.63. The zero-order valence-corrected chi connectivity index (χ0v) is 5.37. The summed E-state index contributed by atoms with van der Waals surface area (Å²) < 4.78 is 0. The molecule has 2 aromatic rings. The predicted molar refractivity (Wildman–Crippen MR) is 36.1 cm³/mol. The Hall–Kier alpha value is -1.85. The van der Waals surface area contributed by atoms with Gasteiger partial charge in [-0.3, -0.25) is 10.8 Å². The molecular formula is C5H4N5O. The normalized spacial score (nSPS) is 10.5. The van der Waals surface area contributed by atoms with Crippen LogP contribution in [0.4, 0.5) is 5.82 Å². The van der Waals surface area contributed by atoms with Crippen molar-refractivity contribution in [1.29, 1.82) is 0 Å². The van der Waals surface area contributed by atoms with E-state index in [-0.39, 0.29) is 5.82 Å². The predicted octanol–water partition coefficient (Wildman–Crippen LogP) is -0.0271. The lowest BCUT2D eigenvalue weighted by Crippen LogP contribution is -1.84. The number of H-pyrrole nitrogens is 1. The lowest BCUT2D eigenvalue weighted by atomic mass is 10.4. The van der Waals surface area contributed by atoms with Gasteiger partial charge < -0.3 is 5.11 Å². The van der Waals surface area contributed by atoms with Crippen LogP contribution in [0.25, 0.3) is 11.0 Å². The zero-order valence-electron chi connectivity index (χ0n) is 5.37. The second-order valence-corrected chi connectivity index (χ2v) is 2.00. The fourth-order valence-electron chi connectivity index (χ4n) is 0.823. The van der Waals surface area contributed by atoms with Crippen LogP contribution in [0, 0.1) is 0 Å². The van der Waals surface area contributed by atoms with Crippen molar-refractivity contribution < 1.29 is 5.11 Å². The van der Waals surface area contributed by atoms with E-state index >= 15 is 0 Å². The van der Waals surface area contributed by atoms with Gasteiger partial charge in [0.15, 0.2) is 11.5 Å². The number of fused-ring (bicyclic) bond motifs is 1. The SMILES string of the molecule is [NH]c1nc(O)nc2[nH]ncc12. The van der Waals surface area contributed by atoms with Gasteiger partial charge in [0.25, 0.3) is 0 Å². The number of hydrogen-bond donors (Lipinski definition) is 2. The van der Waals surface area contributed by atoms with Crippen molar-refractivity contribution in [2.45, 2.75) is 0 Å². The number of nitrogens with zero attached hydrogens (tertiary/aromatic N) is 3. The van der Waals surface area contributed by atoms with Gasteiger partial charge in [-0.15, -0.1) is 0 Å². The molecule has 2 heterocycles. The summed E-state index contributed by atoms with van der Waals surface area (Å²) >= 11 is 0. The first-order chi connectivity index (χ1) is 5.27. The van der Waals surface area contributed by atoms with Crippen molar-refractivity contribution in [3.05, 3.63) is 6.20 Å². The second-order valence-electron chi connectivity index (χ2n) is 2.00. The molecule has 2 rings (SSSR count). The number of aromatic hydroxyl groups is 1. The highest BCUT2D eigenvalue weighted by atomic mass is 16.3. The Labute approximate surface area is 61.1 Å². The van der Waals surface area contributed by atoms with E-state index in [1.54, 1.807) is 0 Å². The third kappa shape index (κ3) is 0.759. The Bertz CT molecular complexity index is 395. The fourth-order valence-corrected chi connectivity index (χ4v) is 0.823. The third-order valence-electron chi connectivity index (χ3n) is 1.30. The van der Waals surface area contributed by atoms with Crippen molar-refractivity contribution in [1.82, 2.24) is 25.9 Å². The molecule has 6 heteroatoms. The minimum absolute atomic E-state index is 0.0266. The van der Waals surface area contributed by atoms with Gasteiger partial charge in [-0.1, -0.05) is 0 Å². The molecule has 0 aliphatic heterocycles. The van der Waals surface area contributed by atoms with Crippen LogP contribution in [0.15, 0.2) is 6.20 Å². The fraction of sp³-hybridized carbons (Fsp3) is 0. The maximum Gasteiger partial charge on any atom is 0.317 e. The van der Waals surface area contributed by atoms with E-state index in [1.165, 1.54) is 6.20 Å². The van der Waals surface area contributed by atoms with Gasteiger partial charge >= 0.3 is 6.01 Å². The molecule has 55 valence electrons. The molecule has 6 nitrogen and oxygen atoms in total. The summed E-state index contributed by atoms with van der Waals surface area (Å²) in [6.45, 7) is 0. The molecule has 0 spiro atoms. The number of aromatic nitrogens is 4. The van der Waals surface area contributed by atoms with E-state index in [2.05, 4.69) is 20.2 Å². The summed E-state index contributed by atoms with van der Waals surface area (Å²) in [5, 5.41) is 15.5. The summed E-state index contributed by atoms with van der Waals surface area (Å²) in [6, 6.07) is -0.410. The lowest BCUT2D eigenvalue weighted by Gasteiger charge is -1.92. The van der Waals surface area contributed by atoms with E-state index in [9.17, 15) is 0 Å². The van der Waals surface area contributed by atoms with Crippen LogP contribution >= 0.6 is 0 Å². The highest BCUT2D eigenvalue weighted by molar-refractivity contribution is 5.83. The Morgan fingerprint density at radius 2 is 2.27 bits per heavy atom. The molecule has 0 aliphatic rings. The van der Waals surface area contributed by atoms with Crippen LogP contribution in [0.5, 0.6) is 6.01 Å². The van der Waals surface area contributed by atoms with E-state index in [1.807, 2.05) is 0 Å². The van der Waals surface area contributed by atoms with Crippen LogP contribution in [0.1, 0.15) is 0 Å². The molecule has 0 atom stereocenters. The lowest BCUT2D eigenvalue weighted by molar-refractivity contribution is 0.433. The Kier molecular flexibility index (Phi) is 0.974. The first-order valence-corrected chi connectivity index (χ1v) is 2.89. The first kappa shape index (κ1) is 5.90. The van der Waals surface area contributed by atoms with Crippen LogP contribution in [0.3, 0.4) is 0 Å². The van der Waals surface area contributed by atoms with E-state index < -0.39 is 6.01 Å². The number of aromatic amines is 1. The average Bonchev–Trinajstić information content (AvgIpc) is 2.34. The Morgan fingerprint density at radius 3 is 3.09 bits per heavy atom. The number of nitrogens with one attached hydrogen (secondary N) is 2. The van der Waals surface area contributed by atoms with Gasteiger partial charge in [-0.25, -0.2) is 0 Å². The van der Waals surface area contributed by atoms with Crippen molar-refractivity contribution >= 4 is 16.9 Å². The molecule has 0 fully saturated rings. The molecule has 0 aliphatic carbocycles. The Morgan fingerprint density at radius 1 is 1.45 bits per heavy atom. The Balaban J connectivity index is 2.91. The van der Waals surface area contributed by atoms with Crippen LogP contribution < -0.4 is 5.73 Å². The van der Waals surface area contributed by atoms with Gasteiger partial charge in [0.1, 0.15) is 0 Å². The van der Waals surface area contributed by atoms with E-state index in [0.717, 1.165) is 0 Å². The summed E-state index contributed by atoms with van der Waals surface area (Å²) in [7, 11) is 0. The van der Waals surface area contributed by atoms with Gasteiger partial charge in [0.2, 0.25) is 0 Å². The molecule has 3 N–H and O–H groups in total. The maximum atomic E-state index is 8.84. The van der Waals surface area contributed by atoms with Gasteiger partial charge in [0, 0.05) is 0 Å². The van der Waals surface area contributed by atoms with Crippen molar-refractivity contribution in [2.24, 2.45) is 0 Å². The van der Waals surface area contributed by atoms with Gasteiger partial charge in [-0.2, -0.15) is 15.1 Å². The van der Waals surface area contributed by atoms with Crippen LogP contribution in [0.2, 0.25) is 0 Å². The van der Waals surface area contributed by atoms with Crippen molar-refractivity contribution in [3.63, 3.8) is 0 Å². The molecule has 0 aromatic carbocycles. The molecule has 0 saturated carbocycles. The minimum Gasteiger partial charge on any atom is -0.479 e. The summed E-state index contributed by atoms with van der Waals surface area (Å²) in [5.74, 6) is -0.0266. The molecule has 0 unspecified atom stereocenters. The average molecular weight is 150 g/mol. The molecule has 0 bridgehead atoms. The summed E-state index contributed by atoms with van der Waals surface area (Å²) in [6.07, 6.45) is 1.44. The van der Waals surface area contributed by atoms with Crippen LogP contribution in [-0.4, -0.2) is 25.3 Å². The molecule has 2 aromatic heterocycles. The zero-order chi connectivity index (χ0) is 7.84. The first-order valence-electron chi connectivity index (χ1n) is 2.89.